The van der Waals surface area contributed by atoms with Crippen molar-refractivity contribution in [2.75, 3.05) is 0 Å². The Morgan fingerprint density at radius 3 is 1.89 bits per heavy atom. The molecule has 0 aromatic heterocycles. The molecule has 0 aliphatic heterocycles. The number of nitrogens with two attached hydrogens (primary N) is 1. The van der Waals surface area contributed by atoms with E-state index in [1.54, 1.807) is 0 Å². The number of hydrogen-bond donors (Lipinski definition) is 2. The monoisotopic (exact) mass is 147 g/mol. The van der Waals surface area contributed by atoms with Crippen LogP contribution in [0.1, 0.15) is 27.2 Å². The summed E-state index contributed by atoms with van der Waals surface area (Å²) < 4.78 is 0. The SMILES string of the molecule is CC(C)C[C@H](N)C(C)S. The van der Waals surface area contributed by atoms with Gasteiger partial charge in [-0.2, -0.15) is 12.6 Å². The first-order chi connectivity index (χ1) is 4.04. The summed E-state index contributed by atoms with van der Waals surface area (Å²) in [5.74, 6) is 0.689. The van der Waals surface area contributed by atoms with Gasteiger partial charge in [0.05, 0.1) is 0 Å². The number of rotatable bonds is 3. The maximum Gasteiger partial charge on any atom is 0.0156 e. The zero-order chi connectivity index (χ0) is 7.44. The van der Waals surface area contributed by atoms with E-state index in [-0.39, 0.29) is 6.04 Å². The summed E-state index contributed by atoms with van der Waals surface area (Å²) in [6.07, 6.45) is 1.07. The van der Waals surface area contributed by atoms with Crippen molar-refractivity contribution >= 4 is 12.6 Å². The first kappa shape index (κ1) is 9.31. The summed E-state index contributed by atoms with van der Waals surface area (Å²) in [7, 11) is 0. The van der Waals surface area contributed by atoms with Gasteiger partial charge in [0, 0.05) is 11.3 Å². The Bertz CT molecular complexity index is 71.3. The van der Waals surface area contributed by atoms with Crippen LogP contribution in [0.15, 0.2) is 0 Å². The zero-order valence-corrected chi connectivity index (χ0v) is 7.36. The lowest BCUT2D eigenvalue weighted by Crippen LogP contribution is -2.30. The average molecular weight is 147 g/mol. The molecule has 9 heavy (non-hydrogen) atoms. The Morgan fingerprint density at radius 2 is 1.78 bits per heavy atom. The molecular formula is C7H17NS. The molecule has 1 unspecified atom stereocenters. The van der Waals surface area contributed by atoms with Crippen LogP contribution in [-0.4, -0.2) is 11.3 Å². The van der Waals surface area contributed by atoms with Crippen LogP contribution in [0.5, 0.6) is 0 Å². The van der Waals surface area contributed by atoms with Crippen LogP contribution in [0.25, 0.3) is 0 Å². The maximum absolute atomic E-state index is 5.74. The van der Waals surface area contributed by atoms with Crippen molar-refractivity contribution in [3.8, 4) is 0 Å². The molecule has 0 fully saturated rings. The van der Waals surface area contributed by atoms with E-state index in [0.29, 0.717) is 11.2 Å². The highest BCUT2D eigenvalue weighted by molar-refractivity contribution is 7.81. The molecule has 0 rings (SSSR count). The molecule has 56 valence electrons. The minimum absolute atomic E-state index is 0.258. The molecule has 0 saturated carbocycles. The fourth-order valence-corrected chi connectivity index (χ4v) is 0.863. The summed E-state index contributed by atoms with van der Waals surface area (Å²) >= 11 is 4.24. The first-order valence-electron chi connectivity index (χ1n) is 3.47. The molecule has 0 saturated heterocycles. The first-order valence-corrected chi connectivity index (χ1v) is 3.99. The van der Waals surface area contributed by atoms with E-state index in [1.165, 1.54) is 0 Å². The van der Waals surface area contributed by atoms with Crippen LogP contribution in [0, 0.1) is 5.92 Å². The fourth-order valence-electron chi connectivity index (χ4n) is 0.741. The van der Waals surface area contributed by atoms with Gasteiger partial charge < -0.3 is 5.73 Å². The number of hydrogen-bond acceptors (Lipinski definition) is 2. The van der Waals surface area contributed by atoms with Crippen molar-refractivity contribution in [3.63, 3.8) is 0 Å². The minimum atomic E-state index is 0.258. The van der Waals surface area contributed by atoms with Crippen LogP contribution in [-0.2, 0) is 0 Å². The van der Waals surface area contributed by atoms with Gasteiger partial charge in [0.1, 0.15) is 0 Å². The zero-order valence-electron chi connectivity index (χ0n) is 6.46. The standard InChI is InChI=1S/C7H17NS/c1-5(2)4-7(8)6(3)9/h5-7,9H,4,8H2,1-3H3/t6?,7-/m0/s1. The highest BCUT2D eigenvalue weighted by atomic mass is 32.1. The molecule has 0 aromatic carbocycles. The second-order valence-electron chi connectivity index (χ2n) is 3.03. The van der Waals surface area contributed by atoms with E-state index in [2.05, 4.69) is 26.5 Å². The van der Waals surface area contributed by atoms with Crippen molar-refractivity contribution in [1.82, 2.24) is 0 Å². The highest BCUT2D eigenvalue weighted by Crippen LogP contribution is 2.08. The van der Waals surface area contributed by atoms with Gasteiger partial charge in [-0.05, 0) is 12.3 Å². The van der Waals surface area contributed by atoms with Crippen LogP contribution < -0.4 is 5.73 Å². The van der Waals surface area contributed by atoms with Gasteiger partial charge in [-0.25, -0.2) is 0 Å². The van der Waals surface area contributed by atoms with Gasteiger partial charge in [-0.3, -0.25) is 0 Å². The van der Waals surface area contributed by atoms with E-state index >= 15 is 0 Å². The van der Waals surface area contributed by atoms with Crippen molar-refractivity contribution in [2.24, 2.45) is 11.7 Å². The van der Waals surface area contributed by atoms with Gasteiger partial charge in [0.2, 0.25) is 0 Å². The molecule has 0 bridgehead atoms. The van der Waals surface area contributed by atoms with Crippen LogP contribution in [0.3, 0.4) is 0 Å². The van der Waals surface area contributed by atoms with Crippen LogP contribution in [0.2, 0.25) is 0 Å². The van der Waals surface area contributed by atoms with E-state index in [1.807, 2.05) is 6.92 Å². The Hall–Kier alpha value is 0.310. The lowest BCUT2D eigenvalue weighted by Gasteiger charge is -2.16. The third-order valence-electron chi connectivity index (χ3n) is 1.36. The molecule has 1 nitrogen and oxygen atoms in total. The predicted molar refractivity (Wildman–Crippen MR) is 45.9 cm³/mol. The molecular weight excluding hydrogens is 130 g/mol. The lowest BCUT2D eigenvalue weighted by atomic mass is 10.0. The molecule has 0 radical (unpaired) electrons. The van der Waals surface area contributed by atoms with E-state index in [0.717, 1.165) is 6.42 Å². The molecule has 2 heteroatoms. The van der Waals surface area contributed by atoms with Gasteiger partial charge in [-0.1, -0.05) is 20.8 Å². The lowest BCUT2D eigenvalue weighted by molar-refractivity contribution is 0.494. The van der Waals surface area contributed by atoms with Crippen molar-refractivity contribution in [2.45, 2.75) is 38.5 Å². The topological polar surface area (TPSA) is 26.0 Å². The molecule has 0 aliphatic carbocycles. The van der Waals surface area contributed by atoms with E-state index in [4.69, 9.17) is 5.73 Å². The second kappa shape index (κ2) is 4.18. The summed E-state index contributed by atoms with van der Waals surface area (Å²) in [6.45, 7) is 6.39. The van der Waals surface area contributed by atoms with Gasteiger partial charge in [-0.15, -0.1) is 0 Å². The quantitative estimate of drug-likeness (QED) is 0.584. The normalized spacial score (nSPS) is 18.0. The Kier molecular flexibility index (Phi) is 4.32. The van der Waals surface area contributed by atoms with Crippen molar-refractivity contribution in [1.29, 1.82) is 0 Å². The minimum Gasteiger partial charge on any atom is -0.327 e. The fraction of sp³-hybridized carbons (Fsp3) is 1.00. The third-order valence-corrected chi connectivity index (χ3v) is 1.75. The van der Waals surface area contributed by atoms with Crippen molar-refractivity contribution < 1.29 is 0 Å². The highest BCUT2D eigenvalue weighted by Gasteiger charge is 2.09. The summed E-state index contributed by atoms with van der Waals surface area (Å²) in [5.41, 5.74) is 5.74. The maximum atomic E-state index is 5.74. The summed E-state index contributed by atoms with van der Waals surface area (Å²) in [4.78, 5) is 0. The van der Waals surface area contributed by atoms with Gasteiger partial charge in [0.25, 0.3) is 0 Å². The molecule has 2 N–H and O–H groups in total. The Balaban J connectivity index is 3.38. The smallest absolute Gasteiger partial charge is 0.0156 e. The van der Waals surface area contributed by atoms with Crippen molar-refractivity contribution in [3.05, 3.63) is 0 Å². The van der Waals surface area contributed by atoms with Gasteiger partial charge in [0.15, 0.2) is 0 Å². The predicted octanol–water partition coefficient (Wildman–Crippen LogP) is 1.68. The Morgan fingerprint density at radius 1 is 1.33 bits per heavy atom. The molecule has 2 atom stereocenters. The van der Waals surface area contributed by atoms with Crippen LogP contribution >= 0.6 is 12.6 Å². The Labute approximate surface area is 63.4 Å². The molecule has 0 amide bonds. The van der Waals surface area contributed by atoms with E-state index < -0.39 is 0 Å². The molecule has 0 aromatic rings. The summed E-state index contributed by atoms with van der Waals surface area (Å²) in [5, 5.41) is 0.326. The van der Waals surface area contributed by atoms with Crippen LogP contribution in [0.4, 0.5) is 0 Å². The number of thiol groups is 1. The summed E-state index contributed by atoms with van der Waals surface area (Å²) in [6, 6.07) is 0.258. The van der Waals surface area contributed by atoms with Gasteiger partial charge >= 0.3 is 0 Å². The molecule has 0 heterocycles. The third kappa shape index (κ3) is 4.79. The molecule has 0 aliphatic rings. The average Bonchev–Trinajstić information content (AvgIpc) is 1.63. The largest absolute Gasteiger partial charge is 0.327 e. The second-order valence-corrected chi connectivity index (χ2v) is 3.85. The van der Waals surface area contributed by atoms with E-state index in [9.17, 15) is 0 Å². The molecule has 0 spiro atoms.